The van der Waals surface area contributed by atoms with Crippen LogP contribution in [0.5, 0.6) is 5.75 Å². The molecule has 0 fully saturated rings. The fraction of sp³-hybridized carbons (Fsp3) is 0.600. The monoisotopic (exact) mass is 254 g/mol. The highest BCUT2D eigenvalue weighted by Gasteiger charge is 2.23. The number of alkyl halides is 1. The van der Waals surface area contributed by atoms with E-state index in [1.165, 1.54) is 5.56 Å². The van der Waals surface area contributed by atoms with Crippen molar-refractivity contribution in [3.05, 3.63) is 29.8 Å². The second-order valence-corrected chi connectivity index (χ2v) is 6.27. The van der Waals surface area contributed by atoms with E-state index in [1.807, 2.05) is 24.3 Å². The second kappa shape index (κ2) is 5.77. The molecule has 2 heteroatoms. The Labute approximate surface area is 110 Å². The van der Waals surface area contributed by atoms with Crippen LogP contribution in [0.15, 0.2) is 24.3 Å². The van der Waals surface area contributed by atoms with Crippen molar-refractivity contribution in [1.82, 2.24) is 0 Å². The van der Waals surface area contributed by atoms with Gasteiger partial charge in [0.15, 0.2) is 0 Å². The standard InChI is InChI=1S/C15H23ClO/c1-11(15(2,3)4)10-14(16)12-6-8-13(17-5)9-7-12/h6-9,11,14H,10H2,1-5H3. The van der Waals surface area contributed by atoms with E-state index in [9.17, 15) is 0 Å². The molecule has 1 aromatic rings. The largest absolute Gasteiger partial charge is 0.497 e. The molecule has 0 saturated heterocycles. The summed E-state index contributed by atoms with van der Waals surface area (Å²) in [6.07, 6.45) is 0.997. The van der Waals surface area contributed by atoms with Gasteiger partial charge in [0, 0.05) is 0 Å². The molecule has 0 bridgehead atoms. The Morgan fingerprint density at radius 2 is 1.71 bits per heavy atom. The molecule has 2 unspecified atom stereocenters. The van der Waals surface area contributed by atoms with Gasteiger partial charge in [-0.1, -0.05) is 39.8 Å². The molecule has 0 aliphatic carbocycles. The van der Waals surface area contributed by atoms with Crippen LogP contribution >= 0.6 is 11.6 Å². The molecule has 17 heavy (non-hydrogen) atoms. The van der Waals surface area contributed by atoms with Crippen LogP contribution < -0.4 is 4.74 Å². The van der Waals surface area contributed by atoms with E-state index < -0.39 is 0 Å². The lowest BCUT2D eigenvalue weighted by atomic mass is 9.79. The molecule has 0 N–H and O–H groups in total. The number of hydrogen-bond acceptors (Lipinski definition) is 1. The SMILES string of the molecule is COc1ccc(C(Cl)CC(C)C(C)(C)C)cc1. The maximum atomic E-state index is 6.46. The smallest absolute Gasteiger partial charge is 0.118 e. The van der Waals surface area contributed by atoms with Crippen LogP contribution in [-0.4, -0.2) is 7.11 Å². The maximum Gasteiger partial charge on any atom is 0.118 e. The molecule has 1 nitrogen and oxygen atoms in total. The Morgan fingerprint density at radius 3 is 2.12 bits per heavy atom. The third kappa shape index (κ3) is 4.23. The summed E-state index contributed by atoms with van der Waals surface area (Å²) in [5.41, 5.74) is 1.48. The van der Waals surface area contributed by atoms with Gasteiger partial charge in [-0.15, -0.1) is 11.6 Å². The molecule has 1 rings (SSSR count). The van der Waals surface area contributed by atoms with Crippen molar-refractivity contribution in [3.63, 3.8) is 0 Å². The fourth-order valence-corrected chi connectivity index (χ4v) is 2.03. The number of hydrogen-bond donors (Lipinski definition) is 0. The molecular weight excluding hydrogens is 232 g/mol. The minimum absolute atomic E-state index is 0.0788. The Hall–Kier alpha value is -0.690. The van der Waals surface area contributed by atoms with Gasteiger partial charge in [-0.05, 0) is 35.4 Å². The molecule has 96 valence electrons. The highest BCUT2D eigenvalue weighted by Crippen LogP contribution is 2.36. The summed E-state index contributed by atoms with van der Waals surface area (Å²) in [4.78, 5) is 0. The van der Waals surface area contributed by atoms with Crippen molar-refractivity contribution in [2.24, 2.45) is 11.3 Å². The molecule has 0 aliphatic heterocycles. The van der Waals surface area contributed by atoms with Gasteiger partial charge in [0.25, 0.3) is 0 Å². The summed E-state index contributed by atoms with van der Waals surface area (Å²) in [5.74, 6) is 1.47. The van der Waals surface area contributed by atoms with E-state index in [0.717, 1.165) is 12.2 Å². The molecule has 1 aromatic carbocycles. The number of halogens is 1. The van der Waals surface area contributed by atoms with Crippen LogP contribution in [-0.2, 0) is 0 Å². The summed E-state index contributed by atoms with van der Waals surface area (Å²) >= 11 is 6.46. The van der Waals surface area contributed by atoms with Crippen molar-refractivity contribution in [1.29, 1.82) is 0 Å². The Morgan fingerprint density at radius 1 is 1.18 bits per heavy atom. The summed E-state index contributed by atoms with van der Waals surface area (Å²) in [7, 11) is 1.68. The highest BCUT2D eigenvalue weighted by molar-refractivity contribution is 6.20. The lowest BCUT2D eigenvalue weighted by Gasteiger charge is -2.29. The quantitative estimate of drug-likeness (QED) is 0.684. The van der Waals surface area contributed by atoms with Crippen LogP contribution in [0.1, 0.15) is 45.1 Å². The molecule has 0 amide bonds. The molecular formula is C15H23ClO. The molecule has 0 radical (unpaired) electrons. The van der Waals surface area contributed by atoms with E-state index in [2.05, 4.69) is 27.7 Å². The third-order valence-electron chi connectivity index (χ3n) is 3.52. The maximum absolute atomic E-state index is 6.46. The molecule has 0 aromatic heterocycles. The van der Waals surface area contributed by atoms with Gasteiger partial charge >= 0.3 is 0 Å². The zero-order valence-electron chi connectivity index (χ0n) is 11.5. The Balaban J connectivity index is 2.66. The first kappa shape index (κ1) is 14.4. The summed E-state index contributed by atoms with van der Waals surface area (Å²) in [5, 5.41) is 0.0788. The van der Waals surface area contributed by atoms with Crippen LogP contribution in [0.3, 0.4) is 0 Å². The van der Waals surface area contributed by atoms with E-state index in [1.54, 1.807) is 7.11 Å². The van der Waals surface area contributed by atoms with Crippen LogP contribution in [0.25, 0.3) is 0 Å². The molecule has 0 heterocycles. The predicted octanol–water partition coefficient (Wildman–Crippen LogP) is 5.05. The summed E-state index contributed by atoms with van der Waals surface area (Å²) < 4.78 is 5.14. The van der Waals surface area contributed by atoms with E-state index in [4.69, 9.17) is 16.3 Å². The zero-order chi connectivity index (χ0) is 13.1. The first-order chi connectivity index (χ1) is 7.84. The fourth-order valence-electron chi connectivity index (χ4n) is 1.61. The van der Waals surface area contributed by atoms with Crippen LogP contribution in [0.2, 0.25) is 0 Å². The normalized spacial score (nSPS) is 15.4. The number of rotatable bonds is 4. The molecule has 0 spiro atoms. The lowest BCUT2D eigenvalue weighted by Crippen LogP contribution is -2.18. The first-order valence-corrected chi connectivity index (χ1v) is 6.56. The van der Waals surface area contributed by atoms with Crippen molar-refractivity contribution < 1.29 is 4.74 Å². The minimum Gasteiger partial charge on any atom is -0.497 e. The number of ether oxygens (including phenoxy) is 1. The average molecular weight is 255 g/mol. The van der Waals surface area contributed by atoms with E-state index >= 15 is 0 Å². The molecule has 0 saturated carbocycles. The lowest BCUT2D eigenvalue weighted by molar-refractivity contribution is 0.245. The van der Waals surface area contributed by atoms with Crippen LogP contribution in [0, 0.1) is 11.3 Å². The summed E-state index contributed by atoms with van der Waals surface area (Å²) in [6, 6.07) is 8.02. The number of benzene rings is 1. The van der Waals surface area contributed by atoms with Gasteiger partial charge in [-0.2, -0.15) is 0 Å². The predicted molar refractivity (Wildman–Crippen MR) is 74.8 cm³/mol. The van der Waals surface area contributed by atoms with Gasteiger partial charge in [0.05, 0.1) is 12.5 Å². The summed E-state index contributed by atoms with van der Waals surface area (Å²) in [6.45, 7) is 9.04. The van der Waals surface area contributed by atoms with E-state index in [-0.39, 0.29) is 5.38 Å². The zero-order valence-corrected chi connectivity index (χ0v) is 12.2. The van der Waals surface area contributed by atoms with Crippen LogP contribution in [0.4, 0.5) is 0 Å². The topological polar surface area (TPSA) is 9.23 Å². The van der Waals surface area contributed by atoms with Crippen molar-refractivity contribution in [2.45, 2.75) is 39.5 Å². The van der Waals surface area contributed by atoms with Gasteiger partial charge in [-0.25, -0.2) is 0 Å². The minimum atomic E-state index is 0.0788. The van der Waals surface area contributed by atoms with E-state index in [0.29, 0.717) is 11.3 Å². The second-order valence-electron chi connectivity index (χ2n) is 5.74. The van der Waals surface area contributed by atoms with Crippen molar-refractivity contribution in [2.75, 3.05) is 7.11 Å². The molecule has 0 aliphatic rings. The Bertz CT molecular complexity index is 337. The highest BCUT2D eigenvalue weighted by atomic mass is 35.5. The average Bonchev–Trinajstić information content (AvgIpc) is 2.27. The van der Waals surface area contributed by atoms with Crippen molar-refractivity contribution in [3.8, 4) is 5.75 Å². The third-order valence-corrected chi connectivity index (χ3v) is 3.95. The van der Waals surface area contributed by atoms with Gasteiger partial charge in [-0.3, -0.25) is 0 Å². The first-order valence-electron chi connectivity index (χ1n) is 6.12. The van der Waals surface area contributed by atoms with Gasteiger partial charge in [0.2, 0.25) is 0 Å². The van der Waals surface area contributed by atoms with Gasteiger partial charge < -0.3 is 4.74 Å². The van der Waals surface area contributed by atoms with Crippen molar-refractivity contribution >= 4 is 11.6 Å². The number of methoxy groups -OCH3 is 1. The van der Waals surface area contributed by atoms with Gasteiger partial charge in [0.1, 0.15) is 5.75 Å². The molecule has 2 atom stereocenters. The Kier molecular flexibility index (Phi) is 4.88.